The van der Waals surface area contributed by atoms with Crippen molar-refractivity contribution >= 4 is 0 Å². The average molecular weight is 329 g/mol. The number of hydrogen-bond acceptors (Lipinski definition) is 4. The van der Waals surface area contributed by atoms with Gasteiger partial charge >= 0.3 is 0 Å². The van der Waals surface area contributed by atoms with E-state index in [0.29, 0.717) is 6.54 Å². The minimum atomic E-state index is -0.502. The molecule has 2 N–H and O–H groups in total. The van der Waals surface area contributed by atoms with Crippen LogP contribution in [0.2, 0.25) is 0 Å². The largest absolute Gasteiger partial charge is 0.493 e. The van der Waals surface area contributed by atoms with Crippen molar-refractivity contribution in [3.8, 4) is 11.5 Å². The molecule has 2 rings (SSSR count). The van der Waals surface area contributed by atoms with E-state index in [2.05, 4.69) is 12.2 Å². The average Bonchev–Trinajstić information content (AvgIpc) is 2.59. The van der Waals surface area contributed by atoms with Crippen LogP contribution in [0.25, 0.3) is 0 Å². The van der Waals surface area contributed by atoms with Gasteiger partial charge in [0.2, 0.25) is 0 Å². The number of nitrogens with one attached hydrogen (secondary N) is 1. The highest BCUT2D eigenvalue weighted by molar-refractivity contribution is 5.43. The Morgan fingerprint density at radius 3 is 2.46 bits per heavy atom. The molecule has 0 aromatic heterocycles. The lowest BCUT2D eigenvalue weighted by Crippen LogP contribution is -2.32. The Morgan fingerprint density at radius 2 is 1.79 bits per heavy atom. The maximum absolute atomic E-state index is 10.3. The summed E-state index contributed by atoms with van der Waals surface area (Å²) in [5, 5.41) is 13.7. The van der Waals surface area contributed by atoms with Crippen molar-refractivity contribution in [3.63, 3.8) is 0 Å². The fraction of sp³-hybridized carbons (Fsp3) is 0.400. The summed E-state index contributed by atoms with van der Waals surface area (Å²) in [6.45, 7) is 4.67. The molecule has 0 amide bonds. The molecule has 2 unspecified atom stereocenters. The zero-order chi connectivity index (χ0) is 17.5. The van der Waals surface area contributed by atoms with E-state index in [1.165, 1.54) is 0 Å². The Labute approximate surface area is 144 Å². The number of methoxy groups -OCH3 is 2. The molecule has 0 aliphatic carbocycles. The van der Waals surface area contributed by atoms with Gasteiger partial charge in [0.15, 0.2) is 11.5 Å². The molecule has 0 fully saturated rings. The first-order chi connectivity index (χ1) is 11.5. The van der Waals surface area contributed by atoms with Gasteiger partial charge in [0.1, 0.15) is 0 Å². The predicted octanol–water partition coefficient (Wildman–Crippen LogP) is 3.27. The molecule has 0 bridgehead atoms. The molecule has 0 saturated carbocycles. The van der Waals surface area contributed by atoms with Crippen molar-refractivity contribution in [2.45, 2.75) is 32.4 Å². The first-order valence-electron chi connectivity index (χ1n) is 8.22. The number of benzene rings is 2. The highest BCUT2D eigenvalue weighted by Gasteiger charge is 2.11. The van der Waals surface area contributed by atoms with Crippen molar-refractivity contribution in [2.75, 3.05) is 20.8 Å². The van der Waals surface area contributed by atoms with Crippen LogP contribution in [-0.2, 0) is 6.42 Å². The smallest absolute Gasteiger partial charge is 0.160 e. The summed E-state index contributed by atoms with van der Waals surface area (Å²) in [7, 11) is 3.27. The second-order valence-electron chi connectivity index (χ2n) is 6.13. The van der Waals surface area contributed by atoms with Crippen LogP contribution >= 0.6 is 0 Å². The number of ether oxygens (including phenoxy) is 2. The molecule has 0 radical (unpaired) electrons. The normalized spacial score (nSPS) is 13.4. The summed E-state index contributed by atoms with van der Waals surface area (Å²) in [5.74, 6) is 1.47. The lowest BCUT2D eigenvalue weighted by atomic mass is 10.0. The van der Waals surface area contributed by atoms with Gasteiger partial charge in [0, 0.05) is 12.6 Å². The Hall–Kier alpha value is -2.04. The highest BCUT2D eigenvalue weighted by Crippen LogP contribution is 2.28. The van der Waals surface area contributed by atoms with Crippen molar-refractivity contribution in [1.82, 2.24) is 5.32 Å². The lowest BCUT2D eigenvalue weighted by Gasteiger charge is -2.18. The summed E-state index contributed by atoms with van der Waals surface area (Å²) < 4.78 is 10.6. The van der Waals surface area contributed by atoms with Crippen LogP contribution in [0.1, 0.15) is 29.7 Å². The molecular weight excluding hydrogens is 302 g/mol. The van der Waals surface area contributed by atoms with Crippen LogP contribution in [-0.4, -0.2) is 31.9 Å². The molecule has 4 heteroatoms. The van der Waals surface area contributed by atoms with E-state index in [-0.39, 0.29) is 6.04 Å². The van der Waals surface area contributed by atoms with Gasteiger partial charge in [-0.1, -0.05) is 35.9 Å². The molecular formula is C20H27NO3. The second-order valence-corrected chi connectivity index (χ2v) is 6.13. The molecule has 130 valence electrons. The van der Waals surface area contributed by atoms with Crippen LogP contribution in [0.4, 0.5) is 0 Å². The molecule has 0 saturated heterocycles. The second kappa shape index (κ2) is 8.71. The van der Waals surface area contributed by atoms with E-state index >= 15 is 0 Å². The van der Waals surface area contributed by atoms with Crippen LogP contribution in [0.5, 0.6) is 11.5 Å². The van der Waals surface area contributed by atoms with E-state index in [1.807, 2.05) is 49.4 Å². The van der Waals surface area contributed by atoms with Gasteiger partial charge in [-0.05, 0) is 43.5 Å². The monoisotopic (exact) mass is 329 g/mol. The quantitative estimate of drug-likeness (QED) is 0.780. The Balaban J connectivity index is 1.90. The van der Waals surface area contributed by atoms with Gasteiger partial charge in [-0.25, -0.2) is 0 Å². The SMILES string of the molecule is COc1ccc(CC(C)NCC(O)c2cccc(C)c2)cc1OC. The molecule has 24 heavy (non-hydrogen) atoms. The molecule has 0 aliphatic heterocycles. The summed E-state index contributed by atoms with van der Waals surface area (Å²) in [6.07, 6.45) is 0.346. The van der Waals surface area contributed by atoms with Gasteiger partial charge in [0.05, 0.1) is 20.3 Å². The van der Waals surface area contributed by atoms with E-state index in [9.17, 15) is 5.11 Å². The third-order valence-corrected chi connectivity index (χ3v) is 4.08. The minimum absolute atomic E-state index is 0.238. The van der Waals surface area contributed by atoms with Crippen LogP contribution in [0.3, 0.4) is 0 Å². The number of aryl methyl sites for hydroxylation is 1. The van der Waals surface area contributed by atoms with Crippen LogP contribution in [0.15, 0.2) is 42.5 Å². The zero-order valence-electron chi connectivity index (χ0n) is 14.9. The zero-order valence-corrected chi connectivity index (χ0v) is 14.9. The molecule has 0 heterocycles. The summed E-state index contributed by atoms with van der Waals surface area (Å²) in [4.78, 5) is 0. The van der Waals surface area contributed by atoms with Crippen LogP contribution in [0, 0.1) is 6.92 Å². The highest BCUT2D eigenvalue weighted by atomic mass is 16.5. The third-order valence-electron chi connectivity index (χ3n) is 4.08. The van der Waals surface area contributed by atoms with Crippen molar-refractivity contribution < 1.29 is 14.6 Å². The number of rotatable bonds is 8. The molecule has 2 aromatic carbocycles. The maximum Gasteiger partial charge on any atom is 0.160 e. The minimum Gasteiger partial charge on any atom is -0.493 e. The number of aliphatic hydroxyl groups excluding tert-OH is 1. The molecule has 4 nitrogen and oxygen atoms in total. The summed E-state index contributed by atoms with van der Waals surface area (Å²) in [5.41, 5.74) is 3.27. The molecule has 2 atom stereocenters. The van der Waals surface area contributed by atoms with E-state index < -0.39 is 6.10 Å². The maximum atomic E-state index is 10.3. The first kappa shape index (κ1) is 18.3. The van der Waals surface area contributed by atoms with Crippen molar-refractivity contribution in [2.24, 2.45) is 0 Å². The van der Waals surface area contributed by atoms with Gasteiger partial charge in [-0.15, -0.1) is 0 Å². The first-order valence-corrected chi connectivity index (χ1v) is 8.22. The van der Waals surface area contributed by atoms with Crippen LogP contribution < -0.4 is 14.8 Å². The van der Waals surface area contributed by atoms with Gasteiger partial charge in [-0.3, -0.25) is 0 Å². The number of aliphatic hydroxyl groups is 1. The molecule has 0 spiro atoms. The van der Waals surface area contributed by atoms with Crippen molar-refractivity contribution in [3.05, 3.63) is 59.2 Å². The Bertz CT molecular complexity index is 657. The molecule has 0 aliphatic rings. The summed E-state index contributed by atoms with van der Waals surface area (Å²) in [6, 6.07) is 14.2. The fourth-order valence-electron chi connectivity index (χ4n) is 2.74. The molecule has 2 aromatic rings. The predicted molar refractivity (Wildman–Crippen MR) is 96.9 cm³/mol. The van der Waals surface area contributed by atoms with Gasteiger partial charge in [0.25, 0.3) is 0 Å². The Kier molecular flexibility index (Phi) is 6.64. The third kappa shape index (κ3) is 4.98. The topological polar surface area (TPSA) is 50.7 Å². The number of hydrogen-bond donors (Lipinski definition) is 2. The van der Waals surface area contributed by atoms with Gasteiger partial charge in [-0.2, -0.15) is 0 Å². The van der Waals surface area contributed by atoms with Crippen molar-refractivity contribution in [1.29, 1.82) is 0 Å². The lowest BCUT2D eigenvalue weighted by molar-refractivity contribution is 0.170. The van der Waals surface area contributed by atoms with Gasteiger partial charge < -0.3 is 19.9 Å². The van der Waals surface area contributed by atoms with E-state index in [1.54, 1.807) is 14.2 Å². The van der Waals surface area contributed by atoms with E-state index in [4.69, 9.17) is 9.47 Å². The fourth-order valence-corrected chi connectivity index (χ4v) is 2.74. The van der Waals surface area contributed by atoms with E-state index in [0.717, 1.165) is 34.6 Å². The Morgan fingerprint density at radius 1 is 1.04 bits per heavy atom. The standard InChI is InChI=1S/C20H27NO3/c1-14-6-5-7-17(10-14)18(22)13-21-15(2)11-16-8-9-19(23-3)20(12-16)24-4/h5-10,12,15,18,21-22H,11,13H2,1-4H3. The summed E-state index contributed by atoms with van der Waals surface area (Å²) >= 11 is 0.